The molecule has 2 rings (SSSR count). The van der Waals surface area contributed by atoms with Crippen molar-refractivity contribution in [1.82, 2.24) is 5.32 Å². The molecule has 1 aromatic carbocycles. The maximum Gasteiger partial charge on any atom is 0.135 e. The highest BCUT2D eigenvalue weighted by Gasteiger charge is 2.25. The zero-order valence-corrected chi connectivity index (χ0v) is 16.0. The Kier molecular flexibility index (Phi) is 5.50. The van der Waals surface area contributed by atoms with Crippen LogP contribution in [-0.2, 0) is 6.54 Å². The first kappa shape index (κ1) is 18.4. The van der Waals surface area contributed by atoms with Crippen LogP contribution in [-0.4, -0.2) is 5.54 Å². The molecular weight excluding hydrogens is 329 g/mol. The smallest absolute Gasteiger partial charge is 0.135 e. The molecule has 0 atom stereocenters. The molecule has 4 heteroatoms. The van der Waals surface area contributed by atoms with Gasteiger partial charge in [-0.2, -0.15) is 0 Å². The fourth-order valence-electron chi connectivity index (χ4n) is 3.02. The molecule has 0 fully saturated rings. The number of furan rings is 1. The minimum atomic E-state index is 0.0448. The molecule has 23 heavy (non-hydrogen) atoms. The van der Waals surface area contributed by atoms with E-state index in [1.54, 1.807) is 6.07 Å². The van der Waals surface area contributed by atoms with Crippen molar-refractivity contribution < 1.29 is 4.42 Å². The fraction of sp³-hybridized carbons (Fsp3) is 0.474. The monoisotopic (exact) mass is 353 g/mol. The predicted octanol–water partition coefficient (Wildman–Crippen LogP) is 6.56. The molecule has 0 unspecified atom stereocenters. The molecule has 0 aliphatic carbocycles. The quantitative estimate of drug-likeness (QED) is 0.658. The van der Waals surface area contributed by atoms with Crippen molar-refractivity contribution in [3.05, 3.63) is 46.1 Å². The number of hydrogen-bond donors (Lipinski definition) is 1. The van der Waals surface area contributed by atoms with E-state index in [-0.39, 0.29) is 11.0 Å². The summed E-state index contributed by atoms with van der Waals surface area (Å²) in [5, 5.41) is 4.79. The van der Waals surface area contributed by atoms with Gasteiger partial charge >= 0.3 is 0 Å². The molecule has 1 heterocycles. The van der Waals surface area contributed by atoms with Crippen molar-refractivity contribution in [2.45, 2.75) is 53.1 Å². The Morgan fingerprint density at radius 3 is 2.30 bits per heavy atom. The van der Waals surface area contributed by atoms with Gasteiger partial charge in [0, 0.05) is 16.1 Å². The third kappa shape index (κ3) is 5.56. The van der Waals surface area contributed by atoms with Crippen molar-refractivity contribution in [2.24, 2.45) is 5.41 Å². The number of nitrogens with one attached hydrogen (secondary N) is 1. The van der Waals surface area contributed by atoms with Gasteiger partial charge in [0.15, 0.2) is 0 Å². The molecule has 126 valence electrons. The van der Waals surface area contributed by atoms with Crippen molar-refractivity contribution in [3.63, 3.8) is 0 Å². The molecular formula is C19H25Cl2NO. The zero-order valence-electron chi connectivity index (χ0n) is 14.5. The lowest BCUT2D eigenvalue weighted by atomic mass is 9.82. The Morgan fingerprint density at radius 2 is 1.70 bits per heavy atom. The van der Waals surface area contributed by atoms with E-state index in [1.807, 2.05) is 24.3 Å². The number of rotatable bonds is 5. The Bertz CT molecular complexity index is 668. The van der Waals surface area contributed by atoms with Crippen LogP contribution in [0.3, 0.4) is 0 Å². The van der Waals surface area contributed by atoms with Gasteiger partial charge in [-0.3, -0.25) is 0 Å². The zero-order chi connectivity index (χ0) is 17.3. The molecule has 0 aliphatic rings. The topological polar surface area (TPSA) is 25.2 Å². The Balaban J connectivity index is 2.05. The molecule has 1 N–H and O–H groups in total. The molecule has 0 bridgehead atoms. The summed E-state index contributed by atoms with van der Waals surface area (Å²) < 4.78 is 5.93. The summed E-state index contributed by atoms with van der Waals surface area (Å²) >= 11 is 12.2. The van der Waals surface area contributed by atoms with Crippen molar-refractivity contribution in [3.8, 4) is 11.3 Å². The van der Waals surface area contributed by atoms with Gasteiger partial charge in [0.05, 0.1) is 11.6 Å². The van der Waals surface area contributed by atoms with Crippen LogP contribution in [0.1, 0.15) is 46.8 Å². The van der Waals surface area contributed by atoms with Crippen molar-refractivity contribution >= 4 is 23.2 Å². The lowest BCUT2D eigenvalue weighted by Gasteiger charge is -2.33. The SMILES string of the molecule is CC(C)(C)CC(C)(C)NCc1ccc(-c2ccc(Cl)cc2Cl)o1. The molecule has 1 aromatic heterocycles. The molecule has 0 aliphatic heterocycles. The normalized spacial score (nSPS) is 12.7. The van der Waals surface area contributed by atoms with Crippen LogP contribution in [0.25, 0.3) is 11.3 Å². The third-order valence-electron chi connectivity index (χ3n) is 3.57. The standard InChI is InChI=1S/C19H25Cl2NO/c1-18(2,3)12-19(4,5)22-11-14-7-9-17(23-14)15-8-6-13(20)10-16(15)21/h6-10,22H,11-12H2,1-5H3. The lowest BCUT2D eigenvalue weighted by Crippen LogP contribution is -2.41. The number of hydrogen-bond acceptors (Lipinski definition) is 2. The van der Waals surface area contributed by atoms with E-state index >= 15 is 0 Å². The number of halogens is 2. The van der Waals surface area contributed by atoms with E-state index in [0.29, 0.717) is 16.6 Å². The second-order valence-electron chi connectivity index (χ2n) is 7.87. The van der Waals surface area contributed by atoms with Gasteiger partial charge in [-0.25, -0.2) is 0 Å². The highest BCUT2D eigenvalue weighted by Crippen LogP contribution is 2.32. The maximum atomic E-state index is 6.24. The summed E-state index contributed by atoms with van der Waals surface area (Å²) in [5.41, 5.74) is 1.18. The average Bonchev–Trinajstić information content (AvgIpc) is 2.82. The van der Waals surface area contributed by atoms with Crippen LogP contribution in [0, 0.1) is 5.41 Å². The van der Waals surface area contributed by atoms with Gasteiger partial charge in [-0.05, 0) is 56.0 Å². The van der Waals surface area contributed by atoms with Crippen LogP contribution < -0.4 is 5.32 Å². The molecule has 0 saturated carbocycles. The molecule has 0 radical (unpaired) electrons. The maximum absolute atomic E-state index is 6.24. The molecule has 0 spiro atoms. The summed E-state index contributed by atoms with van der Waals surface area (Å²) in [6.45, 7) is 11.9. The van der Waals surface area contributed by atoms with Gasteiger partial charge in [0.25, 0.3) is 0 Å². The Labute approximate surface area is 149 Å². The Hall–Kier alpha value is -0.960. The lowest BCUT2D eigenvalue weighted by molar-refractivity contribution is 0.236. The Morgan fingerprint density at radius 1 is 1.00 bits per heavy atom. The van der Waals surface area contributed by atoms with E-state index in [0.717, 1.165) is 23.5 Å². The first-order valence-electron chi connectivity index (χ1n) is 7.85. The van der Waals surface area contributed by atoms with Crippen LogP contribution in [0.4, 0.5) is 0 Å². The first-order valence-corrected chi connectivity index (χ1v) is 8.61. The summed E-state index contributed by atoms with van der Waals surface area (Å²) in [6.07, 6.45) is 1.08. The molecule has 0 saturated heterocycles. The highest BCUT2D eigenvalue weighted by molar-refractivity contribution is 6.36. The third-order valence-corrected chi connectivity index (χ3v) is 4.12. The summed E-state index contributed by atoms with van der Waals surface area (Å²) in [4.78, 5) is 0. The van der Waals surface area contributed by atoms with Crippen LogP contribution >= 0.6 is 23.2 Å². The number of benzene rings is 1. The second-order valence-corrected chi connectivity index (χ2v) is 8.71. The average molecular weight is 354 g/mol. The summed E-state index contributed by atoms with van der Waals surface area (Å²) in [6, 6.07) is 9.36. The van der Waals surface area contributed by atoms with Gasteiger partial charge < -0.3 is 9.73 Å². The van der Waals surface area contributed by atoms with Crippen molar-refractivity contribution in [1.29, 1.82) is 0 Å². The molecule has 2 aromatic rings. The van der Waals surface area contributed by atoms with Gasteiger partial charge in [-0.15, -0.1) is 0 Å². The van der Waals surface area contributed by atoms with Gasteiger partial charge in [0.1, 0.15) is 11.5 Å². The van der Waals surface area contributed by atoms with Crippen molar-refractivity contribution in [2.75, 3.05) is 0 Å². The molecule has 2 nitrogen and oxygen atoms in total. The molecule has 0 amide bonds. The van der Waals surface area contributed by atoms with Gasteiger partial charge in [0.2, 0.25) is 0 Å². The van der Waals surface area contributed by atoms with E-state index < -0.39 is 0 Å². The van der Waals surface area contributed by atoms with Crippen LogP contribution in [0.5, 0.6) is 0 Å². The minimum Gasteiger partial charge on any atom is -0.460 e. The fourth-order valence-corrected chi connectivity index (χ4v) is 3.52. The summed E-state index contributed by atoms with van der Waals surface area (Å²) in [5.74, 6) is 1.66. The van der Waals surface area contributed by atoms with Gasteiger partial charge in [-0.1, -0.05) is 44.0 Å². The van der Waals surface area contributed by atoms with E-state index in [1.165, 1.54) is 0 Å². The summed E-state index contributed by atoms with van der Waals surface area (Å²) in [7, 11) is 0. The minimum absolute atomic E-state index is 0.0448. The van der Waals surface area contributed by atoms with E-state index in [9.17, 15) is 0 Å². The van der Waals surface area contributed by atoms with Crippen LogP contribution in [0.15, 0.2) is 34.7 Å². The van der Waals surface area contributed by atoms with Crippen LogP contribution in [0.2, 0.25) is 10.0 Å². The predicted molar refractivity (Wildman–Crippen MR) is 99.2 cm³/mol. The van der Waals surface area contributed by atoms with E-state index in [2.05, 4.69) is 39.9 Å². The largest absolute Gasteiger partial charge is 0.460 e. The highest BCUT2D eigenvalue weighted by atomic mass is 35.5. The van der Waals surface area contributed by atoms with E-state index in [4.69, 9.17) is 27.6 Å². The second kappa shape index (κ2) is 6.88. The first-order chi connectivity index (χ1) is 10.6.